The molecule has 0 radical (unpaired) electrons. The zero-order valence-electron chi connectivity index (χ0n) is 13.2. The summed E-state index contributed by atoms with van der Waals surface area (Å²) in [7, 11) is 0. The van der Waals surface area contributed by atoms with Gasteiger partial charge in [-0.25, -0.2) is 0 Å². The van der Waals surface area contributed by atoms with E-state index in [1.165, 1.54) is 11.8 Å². The minimum Gasteiger partial charge on any atom is -0.388 e. The molecule has 2 aromatic rings. The second-order valence-electron chi connectivity index (χ2n) is 5.97. The number of benzene rings is 2. The van der Waals surface area contributed by atoms with E-state index in [2.05, 4.69) is 11.4 Å². The molecule has 122 valence electrons. The molecule has 0 heterocycles. The Morgan fingerprint density at radius 3 is 2.50 bits per heavy atom. The topological polar surface area (TPSA) is 73.1 Å². The summed E-state index contributed by atoms with van der Waals surface area (Å²) in [5.74, 6) is -0.201. The molecule has 1 amide bonds. The van der Waals surface area contributed by atoms with E-state index in [4.69, 9.17) is 0 Å². The van der Waals surface area contributed by atoms with Crippen LogP contribution in [0, 0.1) is 11.3 Å². The van der Waals surface area contributed by atoms with Gasteiger partial charge in [-0.05, 0) is 43.5 Å². The molecule has 1 aliphatic rings. The van der Waals surface area contributed by atoms with Gasteiger partial charge in [-0.15, -0.1) is 0 Å². The Morgan fingerprint density at radius 1 is 1.17 bits per heavy atom. The fourth-order valence-electron chi connectivity index (χ4n) is 2.61. The van der Waals surface area contributed by atoms with Crippen LogP contribution in [0.2, 0.25) is 0 Å². The molecule has 1 aliphatic carbocycles. The van der Waals surface area contributed by atoms with Crippen molar-refractivity contribution in [2.45, 2.75) is 34.7 Å². The Hall–Kier alpha value is -2.29. The highest BCUT2D eigenvalue weighted by molar-refractivity contribution is 7.99. The van der Waals surface area contributed by atoms with Crippen molar-refractivity contribution in [2.75, 3.05) is 6.54 Å². The molecule has 5 heteroatoms. The smallest absolute Gasteiger partial charge is 0.252 e. The largest absolute Gasteiger partial charge is 0.388 e. The van der Waals surface area contributed by atoms with Crippen molar-refractivity contribution in [3.8, 4) is 6.07 Å². The van der Waals surface area contributed by atoms with Gasteiger partial charge in [-0.1, -0.05) is 36.0 Å². The molecular weight excluding hydrogens is 320 g/mol. The van der Waals surface area contributed by atoms with E-state index in [0.29, 0.717) is 11.1 Å². The number of nitrogens with one attached hydrogen (secondary N) is 1. The first-order chi connectivity index (χ1) is 11.6. The molecule has 1 fully saturated rings. The van der Waals surface area contributed by atoms with Crippen LogP contribution >= 0.6 is 11.8 Å². The SMILES string of the molecule is N#Cc1ccccc1Sc1ccccc1C(=O)NCC1(O)CCC1. The molecule has 0 unspecified atom stereocenters. The highest BCUT2D eigenvalue weighted by atomic mass is 32.2. The van der Waals surface area contributed by atoms with Crippen LogP contribution in [0.4, 0.5) is 0 Å². The minimum atomic E-state index is -0.745. The van der Waals surface area contributed by atoms with Gasteiger partial charge in [0.15, 0.2) is 0 Å². The van der Waals surface area contributed by atoms with E-state index in [1.807, 2.05) is 36.4 Å². The third-order valence-corrected chi connectivity index (χ3v) is 5.37. The first kappa shape index (κ1) is 16.6. The van der Waals surface area contributed by atoms with Gasteiger partial charge in [-0.2, -0.15) is 5.26 Å². The quantitative estimate of drug-likeness (QED) is 0.877. The van der Waals surface area contributed by atoms with Crippen LogP contribution in [0.3, 0.4) is 0 Å². The highest BCUT2D eigenvalue weighted by Crippen LogP contribution is 2.33. The molecule has 2 aromatic carbocycles. The highest BCUT2D eigenvalue weighted by Gasteiger charge is 2.34. The van der Waals surface area contributed by atoms with Crippen molar-refractivity contribution >= 4 is 17.7 Å². The van der Waals surface area contributed by atoms with Crippen molar-refractivity contribution in [1.82, 2.24) is 5.32 Å². The third-order valence-electron chi connectivity index (χ3n) is 4.22. The number of nitrogens with zero attached hydrogens (tertiary/aromatic N) is 1. The maximum Gasteiger partial charge on any atom is 0.252 e. The first-order valence-corrected chi connectivity index (χ1v) is 8.69. The monoisotopic (exact) mass is 338 g/mol. The average molecular weight is 338 g/mol. The molecule has 0 aliphatic heterocycles. The van der Waals surface area contributed by atoms with Gasteiger partial charge in [-0.3, -0.25) is 4.79 Å². The molecule has 2 N–H and O–H groups in total. The molecule has 24 heavy (non-hydrogen) atoms. The lowest BCUT2D eigenvalue weighted by molar-refractivity contribution is -0.0300. The molecule has 0 spiro atoms. The fraction of sp³-hybridized carbons (Fsp3) is 0.263. The lowest BCUT2D eigenvalue weighted by Gasteiger charge is -2.36. The van der Waals surface area contributed by atoms with Gasteiger partial charge in [0.25, 0.3) is 5.91 Å². The normalized spacial score (nSPS) is 15.2. The van der Waals surface area contributed by atoms with Gasteiger partial charge >= 0.3 is 0 Å². The van der Waals surface area contributed by atoms with Crippen LogP contribution in [-0.2, 0) is 0 Å². The summed E-state index contributed by atoms with van der Waals surface area (Å²) in [6.45, 7) is 0.277. The standard InChI is InChI=1S/C19H18N2O2S/c20-12-14-6-1-3-8-16(14)24-17-9-4-2-7-15(17)18(22)21-13-19(23)10-5-11-19/h1-4,6-9,23H,5,10-11,13H2,(H,21,22). The number of amides is 1. The average Bonchev–Trinajstić information content (AvgIpc) is 2.59. The second kappa shape index (κ2) is 7.08. The van der Waals surface area contributed by atoms with E-state index in [-0.39, 0.29) is 12.5 Å². The van der Waals surface area contributed by atoms with Crippen molar-refractivity contribution in [3.05, 3.63) is 59.7 Å². The Morgan fingerprint density at radius 2 is 1.83 bits per heavy atom. The van der Waals surface area contributed by atoms with Crippen LogP contribution in [0.5, 0.6) is 0 Å². The fourth-order valence-corrected chi connectivity index (χ4v) is 3.64. The van der Waals surface area contributed by atoms with E-state index in [0.717, 1.165) is 29.1 Å². The molecule has 4 nitrogen and oxygen atoms in total. The predicted octanol–water partition coefficient (Wildman–Crippen LogP) is 3.35. The van der Waals surface area contributed by atoms with Crippen LogP contribution < -0.4 is 5.32 Å². The Labute approximate surface area is 145 Å². The molecule has 0 aromatic heterocycles. The number of nitriles is 1. The third kappa shape index (κ3) is 3.61. The van der Waals surface area contributed by atoms with Gasteiger partial charge < -0.3 is 10.4 Å². The van der Waals surface area contributed by atoms with Crippen molar-refractivity contribution < 1.29 is 9.90 Å². The Bertz CT molecular complexity index is 794. The number of rotatable bonds is 5. The number of aliphatic hydroxyl groups is 1. The summed E-state index contributed by atoms with van der Waals surface area (Å²) in [5, 5.41) is 22.2. The van der Waals surface area contributed by atoms with E-state index in [1.54, 1.807) is 12.1 Å². The van der Waals surface area contributed by atoms with Crippen LogP contribution in [0.1, 0.15) is 35.2 Å². The summed E-state index contributed by atoms with van der Waals surface area (Å²) in [6, 6.07) is 16.8. The Kier molecular flexibility index (Phi) is 4.89. The summed E-state index contributed by atoms with van der Waals surface area (Å²) >= 11 is 1.40. The lowest BCUT2D eigenvalue weighted by Crippen LogP contribution is -2.47. The lowest BCUT2D eigenvalue weighted by atomic mass is 9.80. The zero-order valence-corrected chi connectivity index (χ0v) is 14.0. The zero-order chi connectivity index (χ0) is 17.0. The molecule has 1 saturated carbocycles. The van der Waals surface area contributed by atoms with E-state index >= 15 is 0 Å². The maximum atomic E-state index is 12.5. The van der Waals surface area contributed by atoms with Crippen molar-refractivity contribution in [3.63, 3.8) is 0 Å². The number of hydrogen-bond acceptors (Lipinski definition) is 4. The maximum absolute atomic E-state index is 12.5. The minimum absolute atomic E-state index is 0.201. The molecule has 0 bridgehead atoms. The summed E-state index contributed by atoms with van der Waals surface area (Å²) in [4.78, 5) is 14.1. The summed E-state index contributed by atoms with van der Waals surface area (Å²) in [5.41, 5.74) is 0.394. The predicted molar refractivity (Wildman–Crippen MR) is 92.9 cm³/mol. The Balaban J connectivity index is 1.77. The van der Waals surface area contributed by atoms with Gasteiger partial charge in [0.05, 0.1) is 16.7 Å². The summed E-state index contributed by atoms with van der Waals surface area (Å²) < 4.78 is 0. The summed E-state index contributed by atoms with van der Waals surface area (Å²) in [6.07, 6.45) is 2.47. The van der Waals surface area contributed by atoms with E-state index < -0.39 is 5.60 Å². The molecule has 3 rings (SSSR count). The molecule has 0 atom stereocenters. The van der Waals surface area contributed by atoms with Crippen LogP contribution in [0.15, 0.2) is 58.3 Å². The molecular formula is C19H18N2O2S. The van der Waals surface area contributed by atoms with Crippen molar-refractivity contribution in [2.24, 2.45) is 0 Å². The van der Waals surface area contributed by atoms with Gasteiger partial charge in [0, 0.05) is 16.3 Å². The van der Waals surface area contributed by atoms with Crippen molar-refractivity contribution in [1.29, 1.82) is 5.26 Å². The van der Waals surface area contributed by atoms with E-state index in [9.17, 15) is 15.2 Å². The van der Waals surface area contributed by atoms with Gasteiger partial charge in [0.1, 0.15) is 6.07 Å². The van der Waals surface area contributed by atoms with Crippen LogP contribution in [-0.4, -0.2) is 23.2 Å². The number of hydrogen-bond donors (Lipinski definition) is 2. The van der Waals surface area contributed by atoms with Gasteiger partial charge in [0.2, 0.25) is 0 Å². The van der Waals surface area contributed by atoms with Crippen LogP contribution in [0.25, 0.3) is 0 Å². The number of carbonyl (C=O) groups excluding carboxylic acids is 1. The molecule has 0 saturated heterocycles. The number of carbonyl (C=O) groups is 1. The second-order valence-corrected chi connectivity index (χ2v) is 7.05. The first-order valence-electron chi connectivity index (χ1n) is 7.88.